The SMILES string of the molecule is COc1cccc(OC)c1-n1c(-c2cncc(C)c2)nc(O)c(S(=O)(=O)c2ccc(-n3cc(Cl)ccc3=O)cc2)c1=O. The molecule has 0 aliphatic rings. The summed E-state index contributed by atoms with van der Waals surface area (Å²) in [6, 6.07) is 14.3. The van der Waals surface area contributed by atoms with Crippen LogP contribution in [0.3, 0.4) is 0 Å². The topological polar surface area (TPSA) is 143 Å². The van der Waals surface area contributed by atoms with Gasteiger partial charge in [0.2, 0.25) is 15.7 Å². The third-order valence-electron chi connectivity index (χ3n) is 6.35. The maximum absolute atomic E-state index is 14.2. The van der Waals surface area contributed by atoms with Crippen LogP contribution in [0, 0.1) is 6.92 Å². The van der Waals surface area contributed by atoms with Crippen LogP contribution in [0.2, 0.25) is 5.02 Å². The van der Waals surface area contributed by atoms with E-state index < -0.39 is 26.2 Å². The van der Waals surface area contributed by atoms with Gasteiger partial charge in [-0.05, 0) is 61.0 Å². The normalized spacial score (nSPS) is 11.3. The Balaban J connectivity index is 1.77. The molecule has 5 rings (SSSR count). The molecule has 0 saturated carbocycles. The van der Waals surface area contributed by atoms with E-state index in [0.29, 0.717) is 16.3 Å². The number of pyridine rings is 2. The maximum atomic E-state index is 14.2. The second kappa shape index (κ2) is 11.1. The summed E-state index contributed by atoms with van der Waals surface area (Å²) < 4.78 is 41.0. The van der Waals surface area contributed by atoms with Crippen molar-refractivity contribution in [3.63, 3.8) is 0 Å². The summed E-state index contributed by atoms with van der Waals surface area (Å²) in [5, 5.41) is 11.3. The van der Waals surface area contributed by atoms with Crippen molar-refractivity contribution in [3.05, 3.63) is 111 Å². The van der Waals surface area contributed by atoms with Crippen LogP contribution < -0.4 is 20.6 Å². The number of hydrogen-bond donors (Lipinski definition) is 1. The number of benzene rings is 2. The van der Waals surface area contributed by atoms with Gasteiger partial charge in [0, 0.05) is 35.9 Å². The van der Waals surface area contributed by atoms with Gasteiger partial charge in [0.25, 0.3) is 11.1 Å². The molecule has 0 aliphatic carbocycles. The highest BCUT2D eigenvalue weighted by Gasteiger charge is 2.32. The average Bonchev–Trinajstić information content (AvgIpc) is 2.97. The molecule has 0 spiro atoms. The minimum atomic E-state index is -4.65. The molecule has 42 heavy (non-hydrogen) atoms. The van der Waals surface area contributed by atoms with Crippen LogP contribution >= 0.6 is 11.6 Å². The van der Waals surface area contributed by atoms with Gasteiger partial charge in [-0.3, -0.25) is 23.7 Å². The highest BCUT2D eigenvalue weighted by atomic mass is 35.5. The first-order valence-electron chi connectivity index (χ1n) is 12.3. The van der Waals surface area contributed by atoms with Gasteiger partial charge in [0.05, 0.1) is 24.1 Å². The lowest BCUT2D eigenvalue weighted by Gasteiger charge is -2.19. The lowest BCUT2D eigenvalue weighted by Crippen LogP contribution is -2.28. The zero-order valence-electron chi connectivity index (χ0n) is 22.5. The average molecular weight is 607 g/mol. The van der Waals surface area contributed by atoms with Crippen LogP contribution in [-0.2, 0) is 9.84 Å². The Morgan fingerprint density at radius 2 is 1.60 bits per heavy atom. The third kappa shape index (κ3) is 5.01. The Labute approximate surface area is 244 Å². The van der Waals surface area contributed by atoms with E-state index in [1.807, 2.05) is 0 Å². The largest absolute Gasteiger partial charge is 0.494 e. The summed E-state index contributed by atoms with van der Waals surface area (Å²) in [5.41, 5.74) is -0.0134. The molecule has 11 nitrogen and oxygen atoms in total. The molecular formula is C29H23ClN4O7S. The van der Waals surface area contributed by atoms with Crippen molar-refractivity contribution in [2.75, 3.05) is 14.2 Å². The molecule has 0 fully saturated rings. The van der Waals surface area contributed by atoms with Crippen molar-refractivity contribution in [3.8, 4) is 40.1 Å². The molecule has 0 amide bonds. The third-order valence-corrected chi connectivity index (χ3v) is 8.36. The number of methoxy groups -OCH3 is 2. The Hall–Kier alpha value is -4.94. The lowest BCUT2D eigenvalue weighted by atomic mass is 10.2. The molecule has 13 heteroatoms. The number of hydrogen-bond acceptors (Lipinski definition) is 9. The van der Waals surface area contributed by atoms with E-state index in [-0.39, 0.29) is 33.5 Å². The van der Waals surface area contributed by atoms with Gasteiger partial charge < -0.3 is 14.6 Å². The highest BCUT2D eigenvalue weighted by Crippen LogP contribution is 2.36. The van der Waals surface area contributed by atoms with Crippen LogP contribution in [0.5, 0.6) is 17.4 Å². The zero-order valence-corrected chi connectivity index (χ0v) is 24.0. The summed E-state index contributed by atoms with van der Waals surface area (Å²) in [6.45, 7) is 1.78. The first kappa shape index (κ1) is 28.6. The molecule has 0 unspecified atom stereocenters. The number of aromatic hydroxyl groups is 1. The van der Waals surface area contributed by atoms with Gasteiger partial charge in [-0.2, -0.15) is 4.98 Å². The van der Waals surface area contributed by atoms with E-state index in [9.17, 15) is 23.1 Å². The van der Waals surface area contributed by atoms with E-state index in [1.165, 1.54) is 67.6 Å². The molecule has 1 N–H and O–H groups in total. The number of para-hydroxylation sites is 1. The van der Waals surface area contributed by atoms with Crippen LogP contribution in [-0.4, -0.2) is 46.8 Å². The minimum Gasteiger partial charge on any atom is -0.494 e. The molecule has 2 aromatic carbocycles. The second-order valence-corrected chi connectivity index (χ2v) is 11.4. The first-order chi connectivity index (χ1) is 20.1. The smallest absolute Gasteiger partial charge is 0.281 e. The predicted molar refractivity (Wildman–Crippen MR) is 155 cm³/mol. The molecule has 3 heterocycles. The van der Waals surface area contributed by atoms with Crippen molar-refractivity contribution in [1.29, 1.82) is 0 Å². The van der Waals surface area contributed by atoms with E-state index in [2.05, 4.69) is 9.97 Å². The zero-order chi connectivity index (χ0) is 30.2. The lowest BCUT2D eigenvalue weighted by molar-refractivity contribution is 0.388. The molecule has 0 radical (unpaired) electrons. The Kier molecular flexibility index (Phi) is 7.59. The molecular weight excluding hydrogens is 584 g/mol. The number of aryl methyl sites for hydroxylation is 1. The summed E-state index contributed by atoms with van der Waals surface area (Å²) in [6.07, 6.45) is 4.41. The quantitative estimate of drug-likeness (QED) is 0.291. The fourth-order valence-electron chi connectivity index (χ4n) is 4.43. The number of sulfone groups is 1. The van der Waals surface area contributed by atoms with Gasteiger partial charge in [-0.1, -0.05) is 17.7 Å². The molecule has 5 aromatic rings. The molecule has 0 saturated heterocycles. The van der Waals surface area contributed by atoms with Crippen molar-refractivity contribution in [2.45, 2.75) is 16.7 Å². The van der Waals surface area contributed by atoms with E-state index >= 15 is 0 Å². The summed E-state index contributed by atoms with van der Waals surface area (Å²) >= 11 is 6.01. The summed E-state index contributed by atoms with van der Waals surface area (Å²) in [4.78, 5) is 33.5. The standard InChI is InChI=1S/C29H23ClN4O7S/c1-17-13-18(15-31-14-17)27-32-28(36)26(29(37)34(27)25-22(40-2)5-4-6-23(25)41-3)42(38,39)21-10-8-20(9-11-21)33-16-19(30)7-12-24(33)35/h4-16,36H,1-3H3. The van der Waals surface area contributed by atoms with E-state index in [4.69, 9.17) is 21.1 Å². The number of nitrogens with zero attached hydrogens (tertiary/aromatic N) is 4. The molecule has 0 bridgehead atoms. The van der Waals surface area contributed by atoms with Crippen LogP contribution in [0.1, 0.15) is 5.56 Å². The Morgan fingerprint density at radius 1 is 0.929 bits per heavy atom. The fraction of sp³-hybridized carbons (Fsp3) is 0.103. The number of halogens is 1. The Bertz CT molecular complexity index is 2030. The first-order valence-corrected chi connectivity index (χ1v) is 14.2. The molecule has 0 aliphatic heterocycles. The molecule has 0 atom stereocenters. The predicted octanol–water partition coefficient (Wildman–Crippen LogP) is 3.96. The van der Waals surface area contributed by atoms with Gasteiger partial charge in [0.1, 0.15) is 17.2 Å². The van der Waals surface area contributed by atoms with E-state index in [1.54, 1.807) is 37.4 Å². The Morgan fingerprint density at radius 3 is 2.21 bits per heavy atom. The van der Waals surface area contributed by atoms with Crippen molar-refractivity contribution in [2.24, 2.45) is 0 Å². The van der Waals surface area contributed by atoms with E-state index in [0.717, 1.165) is 10.1 Å². The van der Waals surface area contributed by atoms with Gasteiger partial charge in [-0.15, -0.1) is 0 Å². The highest BCUT2D eigenvalue weighted by molar-refractivity contribution is 7.91. The van der Waals surface area contributed by atoms with Gasteiger partial charge in [0.15, 0.2) is 10.7 Å². The van der Waals surface area contributed by atoms with Crippen molar-refractivity contribution in [1.82, 2.24) is 19.1 Å². The maximum Gasteiger partial charge on any atom is 0.281 e. The number of rotatable bonds is 7. The monoisotopic (exact) mass is 606 g/mol. The fourth-order valence-corrected chi connectivity index (χ4v) is 5.92. The number of aromatic nitrogens is 4. The van der Waals surface area contributed by atoms with Crippen LogP contribution in [0.25, 0.3) is 22.8 Å². The second-order valence-electron chi connectivity index (χ2n) is 9.04. The molecule has 214 valence electrons. The van der Waals surface area contributed by atoms with Crippen molar-refractivity contribution < 1.29 is 23.0 Å². The van der Waals surface area contributed by atoms with Crippen LogP contribution in [0.15, 0.2) is 98.6 Å². The van der Waals surface area contributed by atoms with Crippen molar-refractivity contribution >= 4 is 21.4 Å². The number of ether oxygens (including phenoxy) is 2. The van der Waals surface area contributed by atoms with Gasteiger partial charge in [-0.25, -0.2) is 8.42 Å². The van der Waals surface area contributed by atoms with Crippen LogP contribution in [0.4, 0.5) is 0 Å². The minimum absolute atomic E-state index is 0.0728. The van der Waals surface area contributed by atoms with Gasteiger partial charge >= 0.3 is 0 Å². The molecule has 3 aromatic heterocycles. The summed E-state index contributed by atoms with van der Waals surface area (Å²) in [5.74, 6) is -0.723. The summed E-state index contributed by atoms with van der Waals surface area (Å²) in [7, 11) is -1.88.